The summed E-state index contributed by atoms with van der Waals surface area (Å²) in [4.78, 5) is 17.0. The standard InChI is InChI=1S/C16H23N7O3/c1-21-5-16(6-21)2-3-22(16)4-9-11(24)12(25)15(26-9)23-8-20-10-13(17)18-7-19-14(10)23/h7-9,11-12,15,24-25H,2-6H2,1H3,(H2,17,18,19)/t9-,11-,12-,15-/m1/s1. The predicted octanol–water partition coefficient (Wildman–Crippen LogP) is -1.58. The Kier molecular flexibility index (Phi) is 3.50. The van der Waals surface area contributed by atoms with Gasteiger partial charge in [0.1, 0.15) is 30.2 Å². The Bertz CT molecular complexity index is 836. The number of imidazole rings is 1. The molecule has 0 saturated carbocycles. The summed E-state index contributed by atoms with van der Waals surface area (Å²) in [5, 5.41) is 21.1. The average Bonchev–Trinajstić information content (AvgIpc) is 3.12. The molecule has 1 spiro atoms. The quantitative estimate of drug-likeness (QED) is 0.593. The van der Waals surface area contributed by atoms with Crippen LogP contribution in [0.25, 0.3) is 11.2 Å². The van der Waals surface area contributed by atoms with E-state index in [0.29, 0.717) is 17.7 Å². The van der Waals surface area contributed by atoms with Crippen molar-refractivity contribution in [1.29, 1.82) is 0 Å². The SMILES string of the molecule is CN1CC2(CCN2C[C@H]2O[C@@H](n3cnc4c(N)ncnc43)[C@H](O)[C@@H]2O)C1. The lowest BCUT2D eigenvalue weighted by Gasteiger charge is -2.62. The van der Waals surface area contributed by atoms with Gasteiger partial charge < -0.3 is 25.6 Å². The highest BCUT2D eigenvalue weighted by Gasteiger charge is 2.54. The van der Waals surface area contributed by atoms with Gasteiger partial charge in [-0.1, -0.05) is 0 Å². The van der Waals surface area contributed by atoms with Crippen LogP contribution < -0.4 is 5.73 Å². The number of anilines is 1. The van der Waals surface area contributed by atoms with Crippen molar-refractivity contribution in [1.82, 2.24) is 29.3 Å². The van der Waals surface area contributed by atoms with E-state index in [2.05, 4.69) is 31.8 Å². The first kappa shape index (κ1) is 16.3. The third-order valence-electron chi connectivity index (χ3n) is 6.05. The molecule has 4 N–H and O–H groups in total. The monoisotopic (exact) mass is 361 g/mol. The zero-order valence-corrected chi connectivity index (χ0v) is 14.6. The van der Waals surface area contributed by atoms with Gasteiger partial charge in [0, 0.05) is 31.7 Å². The number of likely N-dealkylation sites (tertiary alicyclic amines) is 2. The van der Waals surface area contributed by atoms with Crippen molar-refractivity contribution in [3.8, 4) is 0 Å². The Morgan fingerprint density at radius 1 is 1.27 bits per heavy atom. The minimum absolute atomic E-state index is 0.226. The van der Waals surface area contributed by atoms with E-state index in [9.17, 15) is 10.2 Å². The maximum atomic E-state index is 10.6. The average molecular weight is 361 g/mol. The van der Waals surface area contributed by atoms with Gasteiger partial charge in [-0.2, -0.15) is 0 Å². The molecule has 3 fully saturated rings. The van der Waals surface area contributed by atoms with Gasteiger partial charge in [-0.3, -0.25) is 9.47 Å². The van der Waals surface area contributed by atoms with Gasteiger partial charge in [0.2, 0.25) is 0 Å². The molecule has 140 valence electrons. The number of aromatic nitrogens is 4. The van der Waals surface area contributed by atoms with Gasteiger partial charge in [-0.15, -0.1) is 0 Å². The van der Waals surface area contributed by atoms with Crippen LogP contribution in [0.3, 0.4) is 0 Å². The number of hydrogen-bond donors (Lipinski definition) is 3. The topological polar surface area (TPSA) is 126 Å². The van der Waals surface area contributed by atoms with Gasteiger partial charge in [0.15, 0.2) is 17.7 Å². The number of nitrogens with two attached hydrogens (primary N) is 1. The van der Waals surface area contributed by atoms with Crippen LogP contribution in [0.15, 0.2) is 12.7 Å². The summed E-state index contributed by atoms with van der Waals surface area (Å²) in [6.45, 7) is 3.69. The van der Waals surface area contributed by atoms with Gasteiger partial charge in [-0.05, 0) is 13.5 Å². The third kappa shape index (κ3) is 2.20. The minimum Gasteiger partial charge on any atom is -0.387 e. The van der Waals surface area contributed by atoms with Crippen molar-refractivity contribution < 1.29 is 14.9 Å². The zero-order valence-electron chi connectivity index (χ0n) is 14.6. The molecule has 0 radical (unpaired) electrons. The fourth-order valence-electron chi connectivity index (χ4n) is 4.57. The maximum absolute atomic E-state index is 10.6. The first-order valence-electron chi connectivity index (χ1n) is 8.87. The third-order valence-corrected chi connectivity index (χ3v) is 6.05. The summed E-state index contributed by atoms with van der Waals surface area (Å²) in [7, 11) is 2.11. The molecule has 3 aliphatic rings. The zero-order chi connectivity index (χ0) is 18.1. The number of nitrogen functional groups attached to an aromatic ring is 1. The molecule has 2 aromatic rings. The van der Waals surface area contributed by atoms with Crippen LogP contribution in [0.5, 0.6) is 0 Å². The molecule has 26 heavy (non-hydrogen) atoms. The number of ether oxygens (including phenoxy) is 1. The largest absolute Gasteiger partial charge is 0.387 e. The summed E-state index contributed by atoms with van der Waals surface area (Å²) in [5.74, 6) is 0.273. The summed E-state index contributed by atoms with van der Waals surface area (Å²) in [6.07, 6.45) is 0.800. The van der Waals surface area contributed by atoms with Crippen molar-refractivity contribution in [2.45, 2.75) is 36.5 Å². The molecule has 0 aliphatic carbocycles. The van der Waals surface area contributed by atoms with Gasteiger partial charge in [-0.25, -0.2) is 15.0 Å². The Hall–Kier alpha value is -1.85. The molecule has 0 amide bonds. The van der Waals surface area contributed by atoms with Crippen molar-refractivity contribution in [3.63, 3.8) is 0 Å². The number of nitrogens with zero attached hydrogens (tertiary/aromatic N) is 6. The van der Waals surface area contributed by atoms with Crippen LogP contribution in [-0.4, -0.2) is 96.6 Å². The van der Waals surface area contributed by atoms with Crippen molar-refractivity contribution in [3.05, 3.63) is 12.7 Å². The van der Waals surface area contributed by atoms with Crippen LogP contribution in [0.2, 0.25) is 0 Å². The van der Waals surface area contributed by atoms with Crippen LogP contribution >= 0.6 is 0 Å². The van der Waals surface area contributed by atoms with E-state index >= 15 is 0 Å². The number of rotatable bonds is 3. The Morgan fingerprint density at radius 3 is 2.77 bits per heavy atom. The highest BCUT2D eigenvalue weighted by atomic mass is 16.6. The minimum atomic E-state index is -1.06. The summed E-state index contributed by atoms with van der Waals surface area (Å²) >= 11 is 0. The van der Waals surface area contributed by atoms with Crippen LogP contribution in [0.1, 0.15) is 12.6 Å². The van der Waals surface area contributed by atoms with E-state index in [0.717, 1.165) is 19.6 Å². The number of fused-ring (bicyclic) bond motifs is 1. The summed E-state index contributed by atoms with van der Waals surface area (Å²) < 4.78 is 7.66. The lowest BCUT2D eigenvalue weighted by atomic mass is 9.77. The lowest BCUT2D eigenvalue weighted by molar-refractivity contribution is -0.140. The predicted molar refractivity (Wildman–Crippen MR) is 92.1 cm³/mol. The Labute approximate surface area is 150 Å². The Morgan fingerprint density at radius 2 is 2.08 bits per heavy atom. The smallest absolute Gasteiger partial charge is 0.167 e. The second kappa shape index (κ2) is 5.57. The molecular weight excluding hydrogens is 338 g/mol. The summed E-state index contributed by atoms with van der Waals surface area (Å²) in [6, 6.07) is 0. The first-order chi connectivity index (χ1) is 12.5. The molecule has 0 bridgehead atoms. The van der Waals surface area contributed by atoms with Crippen LogP contribution in [0.4, 0.5) is 5.82 Å². The van der Waals surface area contributed by atoms with E-state index in [1.807, 2.05) is 0 Å². The van der Waals surface area contributed by atoms with E-state index in [1.54, 1.807) is 4.57 Å². The normalized spacial score (nSPS) is 34.3. The molecule has 0 unspecified atom stereocenters. The van der Waals surface area contributed by atoms with Crippen molar-refractivity contribution >= 4 is 17.0 Å². The molecule has 10 nitrogen and oxygen atoms in total. The number of likely N-dealkylation sites (N-methyl/N-ethyl adjacent to an activating group) is 1. The highest BCUT2D eigenvalue weighted by molar-refractivity contribution is 5.81. The van der Waals surface area contributed by atoms with Gasteiger partial charge in [0.05, 0.1) is 6.33 Å². The second-order valence-corrected chi connectivity index (χ2v) is 7.72. The van der Waals surface area contributed by atoms with Crippen LogP contribution in [-0.2, 0) is 4.74 Å². The highest BCUT2D eigenvalue weighted by Crippen LogP contribution is 2.40. The first-order valence-corrected chi connectivity index (χ1v) is 8.87. The second-order valence-electron chi connectivity index (χ2n) is 7.72. The Balaban J connectivity index is 1.36. The molecule has 0 aromatic carbocycles. The summed E-state index contributed by atoms with van der Waals surface area (Å²) in [5.41, 5.74) is 6.99. The number of hydrogen-bond acceptors (Lipinski definition) is 9. The molecule has 5 heterocycles. The fourth-order valence-corrected chi connectivity index (χ4v) is 4.57. The lowest BCUT2D eigenvalue weighted by Crippen LogP contribution is -2.76. The molecule has 5 rings (SSSR count). The molecule has 3 aliphatic heterocycles. The molecule has 2 aromatic heterocycles. The van der Waals surface area contributed by atoms with E-state index < -0.39 is 24.5 Å². The molecule has 10 heteroatoms. The number of aliphatic hydroxyl groups is 2. The number of aliphatic hydroxyl groups excluding tert-OH is 2. The van der Waals surface area contributed by atoms with E-state index in [1.165, 1.54) is 19.1 Å². The molecule has 3 saturated heterocycles. The van der Waals surface area contributed by atoms with Crippen molar-refractivity contribution in [2.24, 2.45) is 0 Å². The van der Waals surface area contributed by atoms with Gasteiger partial charge in [0.25, 0.3) is 0 Å². The van der Waals surface area contributed by atoms with E-state index in [4.69, 9.17) is 10.5 Å². The maximum Gasteiger partial charge on any atom is 0.167 e. The molecule has 4 atom stereocenters. The van der Waals surface area contributed by atoms with E-state index in [-0.39, 0.29) is 11.4 Å². The van der Waals surface area contributed by atoms with Crippen molar-refractivity contribution in [2.75, 3.05) is 39.0 Å². The van der Waals surface area contributed by atoms with Gasteiger partial charge >= 0.3 is 0 Å². The fraction of sp³-hybridized carbons (Fsp3) is 0.688. The van der Waals surface area contributed by atoms with Crippen LogP contribution in [0, 0.1) is 0 Å². The molecular formula is C16H23N7O3.